The summed E-state index contributed by atoms with van der Waals surface area (Å²) in [6.45, 7) is 9.11. The molecule has 130 valence electrons. The number of hydrogen-bond acceptors (Lipinski definition) is 1. The molecule has 0 radical (unpaired) electrons. The number of aromatic carboxylic acids is 1. The van der Waals surface area contributed by atoms with E-state index in [1.54, 1.807) is 12.1 Å². The third kappa shape index (κ3) is 3.53. The molecule has 1 N–H and O–H groups in total. The van der Waals surface area contributed by atoms with Gasteiger partial charge in [0, 0.05) is 0 Å². The van der Waals surface area contributed by atoms with Crippen molar-refractivity contribution in [3.8, 4) is 0 Å². The molecule has 2 aromatic carbocycles. The highest BCUT2D eigenvalue weighted by atomic mass is 16.4. The van der Waals surface area contributed by atoms with E-state index in [0.717, 1.165) is 5.56 Å². The first-order chi connectivity index (χ1) is 11.8. The topological polar surface area (TPSA) is 37.3 Å². The Balaban J connectivity index is 1.93. The summed E-state index contributed by atoms with van der Waals surface area (Å²) in [7, 11) is 0. The maximum Gasteiger partial charge on any atom is 0.335 e. The second kappa shape index (κ2) is 6.51. The standard InChI is InChI=1S/C23H26O2/c1-15-11-12-23(3,4)21-10-9-19(14-20(15)21)16(2)13-17-5-7-18(8-6-17)22(24)25/h5-10,13-15H,11-12H2,1-4H3,(H,24,25). The molecule has 2 heteroatoms. The number of benzene rings is 2. The number of fused-ring (bicyclic) bond motifs is 1. The summed E-state index contributed by atoms with van der Waals surface area (Å²) in [5.41, 5.74) is 6.99. The average Bonchev–Trinajstić information content (AvgIpc) is 2.58. The quantitative estimate of drug-likeness (QED) is 0.687. The molecule has 25 heavy (non-hydrogen) atoms. The van der Waals surface area contributed by atoms with Crippen molar-refractivity contribution in [1.82, 2.24) is 0 Å². The molecule has 2 aromatic rings. The number of hydrogen-bond donors (Lipinski definition) is 1. The SMILES string of the molecule is CC(=Cc1ccc(C(=O)O)cc1)c1ccc2c(c1)C(C)CCC2(C)C. The van der Waals surface area contributed by atoms with Crippen molar-refractivity contribution in [1.29, 1.82) is 0 Å². The Kier molecular flexibility index (Phi) is 4.55. The Morgan fingerprint density at radius 2 is 1.76 bits per heavy atom. The first kappa shape index (κ1) is 17.5. The van der Waals surface area contributed by atoms with Crippen molar-refractivity contribution < 1.29 is 9.90 Å². The predicted molar refractivity (Wildman–Crippen MR) is 104 cm³/mol. The second-order valence-corrected chi connectivity index (χ2v) is 7.88. The molecule has 0 saturated carbocycles. The Morgan fingerprint density at radius 3 is 2.40 bits per heavy atom. The molecule has 1 aliphatic carbocycles. The Labute approximate surface area is 150 Å². The van der Waals surface area contributed by atoms with Gasteiger partial charge in [-0.05, 0) is 71.1 Å². The minimum Gasteiger partial charge on any atom is -0.478 e. The first-order valence-corrected chi connectivity index (χ1v) is 8.94. The van der Waals surface area contributed by atoms with Gasteiger partial charge in [0.25, 0.3) is 0 Å². The lowest BCUT2D eigenvalue weighted by atomic mass is 9.69. The van der Waals surface area contributed by atoms with E-state index in [0.29, 0.717) is 11.5 Å². The van der Waals surface area contributed by atoms with Crippen LogP contribution in [-0.4, -0.2) is 11.1 Å². The van der Waals surface area contributed by atoms with Crippen molar-refractivity contribution >= 4 is 17.6 Å². The zero-order valence-corrected chi connectivity index (χ0v) is 15.5. The number of carboxylic acid groups (broad SMARTS) is 1. The summed E-state index contributed by atoms with van der Waals surface area (Å²) in [5, 5.41) is 9.00. The van der Waals surface area contributed by atoms with Gasteiger partial charge in [0.05, 0.1) is 5.56 Å². The van der Waals surface area contributed by atoms with Gasteiger partial charge in [-0.3, -0.25) is 0 Å². The zero-order chi connectivity index (χ0) is 18.2. The highest BCUT2D eigenvalue weighted by Gasteiger charge is 2.30. The van der Waals surface area contributed by atoms with E-state index >= 15 is 0 Å². The first-order valence-electron chi connectivity index (χ1n) is 8.94. The third-order valence-electron chi connectivity index (χ3n) is 5.51. The van der Waals surface area contributed by atoms with Crippen LogP contribution in [0.2, 0.25) is 0 Å². The highest BCUT2D eigenvalue weighted by Crippen LogP contribution is 2.43. The molecule has 0 aromatic heterocycles. The van der Waals surface area contributed by atoms with Crippen LogP contribution in [0.25, 0.3) is 11.6 Å². The van der Waals surface area contributed by atoms with E-state index in [9.17, 15) is 4.79 Å². The van der Waals surface area contributed by atoms with Gasteiger partial charge in [0.1, 0.15) is 0 Å². The van der Waals surface area contributed by atoms with E-state index in [1.807, 2.05) is 12.1 Å². The lowest BCUT2D eigenvalue weighted by Crippen LogP contribution is -2.25. The largest absolute Gasteiger partial charge is 0.478 e. The van der Waals surface area contributed by atoms with Crippen molar-refractivity contribution in [2.75, 3.05) is 0 Å². The molecule has 1 atom stereocenters. The van der Waals surface area contributed by atoms with Crippen LogP contribution >= 0.6 is 0 Å². The van der Waals surface area contributed by atoms with E-state index in [4.69, 9.17) is 5.11 Å². The van der Waals surface area contributed by atoms with Crippen molar-refractivity contribution in [2.45, 2.75) is 51.9 Å². The van der Waals surface area contributed by atoms with Crippen LogP contribution in [0.15, 0.2) is 42.5 Å². The molecular weight excluding hydrogens is 308 g/mol. The van der Waals surface area contributed by atoms with Crippen molar-refractivity contribution in [3.63, 3.8) is 0 Å². The molecule has 3 rings (SSSR count). The van der Waals surface area contributed by atoms with E-state index < -0.39 is 5.97 Å². The minimum absolute atomic E-state index is 0.255. The number of rotatable bonds is 3. The highest BCUT2D eigenvalue weighted by molar-refractivity contribution is 5.88. The van der Waals surface area contributed by atoms with Crippen LogP contribution in [0.1, 0.15) is 79.1 Å². The van der Waals surface area contributed by atoms with Crippen molar-refractivity contribution in [3.05, 3.63) is 70.3 Å². The maximum atomic E-state index is 11.0. The van der Waals surface area contributed by atoms with E-state index in [1.165, 1.54) is 35.1 Å². The van der Waals surface area contributed by atoms with Crippen molar-refractivity contribution in [2.24, 2.45) is 0 Å². The third-order valence-corrected chi connectivity index (χ3v) is 5.51. The van der Waals surface area contributed by atoms with E-state index in [-0.39, 0.29) is 5.41 Å². The fraction of sp³-hybridized carbons (Fsp3) is 0.348. The van der Waals surface area contributed by atoms with Crippen LogP contribution < -0.4 is 0 Å². The van der Waals surface area contributed by atoms with Crippen LogP contribution in [0.4, 0.5) is 0 Å². The molecule has 0 spiro atoms. The van der Waals surface area contributed by atoms with Gasteiger partial charge in [-0.1, -0.05) is 57.2 Å². The van der Waals surface area contributed by atoms with Gasteiger partial charge in [-0.2, -0.15) is 0 Å². The number of carboxylic acids is 1. The summed E-state index contributed by atoms with van der Waals surface area (Å²) in [5.74, 6) is -0.288. The number of allylic oxidation sites excluding steroid dienone is 1. The average molecular weight is 334 g/mol. The van der Waals surface area contributed by atoms with Crippen LogP contribution in [-0.2, 0) is 5.41 Å². The molecule has 0 saturated heterocycles. The summed E-state index contributed by atoms with van der Waals surface area (Å²) in [4.78, 5) is 11.0. The lowest BCUT2D eigenvalue weighted by Gasteiger charge is -2.36. The van der Waals surface area contributed by atoms with Gasteiger partial charge < -0.3 is 5.11 Å². The van der Waals surface area contributed by atoms with Crippen LogP contribution in [0, 0.1) is 0 Å². The number of carbonyl (C=O) groups is 1. The predicted octanol–water partition coefficient (Wildman–Crippen LogP) is 6.12. The normalized spacial score (nSPS) is 19.4. The Morgan fingerprint density at radius 1 is 1.12 bits per heavy atom. The smallest absolute Gasteiger partial charge is 0.335 e. The molecule has 1 aliphatic rings. The molecular formula is C23H26O2. The summed E-state index contributed by atoms with van der Waals surface area (Å²) < 4.78 is 0. The molecule has 0 bridgehead atoms. The van der Waals surface area contributed by atoms with Crippen LogP contribution in [0.5, 0.6) is 0 Å². The maximum absolute atomic E-state index is 11.0. The molecule has 2 nitrogen and oxygen atoms in total. The van der Waals surface area contributed by atoms with Gasteiger partial charge in [0.2, 0.25) is 0 Å². The fourth-order valence-electron chi connectivity index (χ4n) is 3.75. The van der Waals surface area contributed by atoms with E-state index in [2.05, 4.69) is 52.0 Å². The van der Waals surface area contributed by atoms with Gasteiger partial charge in [0.15, 0.2) is 0 Å². The second-order valence-electron chi connectivity index (χ2n) is 7.88. The molecule has 0 heterocycles. The summed E-state index contributed by atoms with van der Waals surface area (Å²) in [6, 6.07) is 13.9. The molecule has 1 unspecified atom stereocenters. The summed E-state index contributed by atoms with van der Waals surface area (Å²) >= 11 is 0. The fourth-order valence-corrected chi connectivity index (χ4v) is 3.75. The lowest BCUT2D eigenvalue weighted by molar-refractivity contribution is 0.0697. The van der Waals surface area contributed by atoms with Gasteiger partial charge in [-0.15, -0.1) is 0 Å². The monoisotopic (exact) mass is 334 g/mol. The van der Waals surface area contributed by atoms with Gasteiger partial charge in [-0.25, -0.2) is 4.79 Å². The summed E-state index contributed by atoms with van der Waals surface area (Å²) in [6.07, 6.45) is 4.60. The van der Waals surface area contributed by atoms with Gasteiger partial charge >= 0.3 is 5.97 Å². The zero-order valence-electron chi connectivity index (χ0n) is 15.5. The Hall–Kier alpha value is -2.35. The van der Waals surface area contributed by atoms with Crippen LogP contribution in [0.3, 0.4) is 0 Å². The molecule has 0 amide bonds. The Bertz CT molecular complexity index is 826. The minimum atomic E-state index is -0.890. The molecule has 0 fully saturated rings. The molecule has 0 aliphatic heterocycles.